The monoisotopic (exact) mass is 235 g/mol. The quantitative estimate of drug-likeness (QED) is 0.754. The Hall–Kier alpha value is -2.02. The molecular weight excluding hydrogens is 226 g/mol. The van der Waals surface area contributed by atoms with Crippen LogP contribution in [-0.4, -0.2) is 20.1 Å². The lowest BCUT2D eigenvalue weighted by molar-refractivity contribution is 0.411. The van der Waals surface area contributed by atoms with Crippen LogP contribution in [0.2, 0.25) is 0 Å². The third-order valence-electron chi connectivity index (χ3n) is 1.84. The molecule has 0 aliphatic rings. The van der Waals surface area contributed by atoms with E-state index in [0.29, 0.717) is 23.9 Å². The lowest BCUT2D eigenvalue weighted by Crippen LogP contribution is -2.12. The van der Waals surface area contributed by atoms with Crippen molar-refractivity contribution >= 4 is 23.0 Å². The molecule has 16 heavy (non-hydrogen) atoms. The first kappa shape index (κ1) is 10.5. The average molecular weight is 235 g/mol. The molecule has 0 saturated carbocycles. The molecule has 0 bridgehead atoms. The second kappa shape index (κ2) is 4.67. The SMILES string of the molecule is NC(=S)c1cccc(NCc2ncon2)n1. The molecule has 0 saturated heterocycles. The summed E-state index contributed by atoms with van der Waals surface area (Å²) in [6.45, 7) is 0.435. The number of hydrogen-bond acceptors (Lipinski definition) is 6. The van der Waals surface area contributed by atoms with Crippen LogP contribution in [0.5, 0.6) is 0 Å². The average Bonchev–Trinajstić information content (AvgIpc) is 2.79. The van der Waals surface area contributed by atoms with E-state index in [-0.39, 0.29) is 4.99 Å². The summed E-state index contributed by atoms with van der Waals surface area (Å²) < 4.78 is 4.60. The lowest BCUT2D eigenvalue weighted by atomic mass is 10.3. The highest BCUT2D eigenvalue weighted by Gasteiger charge is 2.01. The van der Waals surface area contributed by atoms with Crippen molar-refractivity contribution < 1.29 is 4.52 Å². The second-order valence-corrected chi connectivity index (χ2v) is 3.41. The largest absolute Gasteiger partial charge is 0.388 e. The van der Waals surface area contributed by atoms with Crippen LogP contribution in [0.25, 0.3) is 0 Å². The van der Waals surface area contributed by atoms with Crippen LogP contribution in [0.3, 0.4) is 0 Å². The van der Waals surface area contributed by atoms with Gasteiger partial charge in [-0.1, -0.05) is 23.4 Å². The van der Waals surface area contributed by atoms with Crippen LogP contribution in [0.15, 0.2) is 29.1 Å². The standard InChI is InChI=1S/C9H9N5OS/c10-9(16)6-2-1-3-7(13-6)11-4-8-12-5-15-14-8/h1-3,5H,4H2,(H2,10,16)(H,11,13). The topological polar surface area (TPSA) is 89.9 Å². The Balaban J connectivity index is 2.04. The summed E-state index contributed by atoms with van der Waals surface area (Å²) in [4.78, 5) is 8.35. The van der Waals surface area contributed by atoms with E-state index in [4.69, 9.17) is 18.0 Å². The molecule has 2 rings (SSSR count). The fourth-order valence-electron chi connectivity index (χ4n) is 1.11. The van der Waals surface area contributed by atoms with Crippen molar-refractivity contribution in [2.24, 2.45) is 5.73 Å². The van der Waals surface area contributed by atoms with Crippen LogP contribution < -0.4 is 11.1 Å². The Morgan fingerprint density at radius 1 is 1.50 bits per heavy atom. The van der Waals surface area contributed by atoms with E-state index in [1.54, 1.807) is 6.07 Å². The van der Waals surface area contributed by atoms with Gasteiger partial charge in [-0.3, -0.25) is 0 Å². The number of nitrogens with zero attached hydrogens (tertiary/aromatic N) is 3. The number of thiocarbonyl (C=S) groups is 1. The van der Waals surface area contributed by atoms with Crippen molar-refractivity contribution in [2.45, 2.75) is 6.54 Å². The highest BCUT2D eigenvalue weighted by Crippen LogP contribution is 2.05. The van der Waals surface area contributed by atoms with Crippen molar-refractivity contribution in [1.29, 1.82) is 0 Å². The van der Waals surface area contributed by atoms with E-state index in [9.17, 15) is 0 Å². The molecule has 2 aromatic heterocycles. The van der Waals surface area contributed by atoms with Crippen molar-refractivity contribution in [1.82, 2.24) is 15.1 Å². The first-order valence-electron chi connectivity index (χ1n) is 4.51. The normalized spacial score (nSPS) is 10.0. The van der Waals surface area contributed by atoms with Gasteiger partial charge in [0.1, 0.15) is 10.8 Å². The van der Waals surface area contributed by atoms with Gasteiger partial charge in [-0.05, 0) is 12.1 Å². The number of aromatic nitrogens is 3. The molecule has 7 heteroatoms. The predicted molar refractivity (Wildman–Crippen MR) is 61.7 cm³/mol. The first-order chi connectivity index (χ1) is 7.75. The van der Waals surface area contributed by atoms with E-state index < -0.39 is 0 Å². The minimum Gasteiger partial charge on any atom is -0.388 e. The first-order valence-corrected chi connectivity index (χ1v) is 4.92. The summed E-state index contributed by atoms with van der Waals surface area (Å²) in [5, 5.41) is 6.69. The maximum atomic E-state index is 5.47. The molecule has 2 heterocycles. The molecule has 0 amide bonds. The lowest BCUT2D eigenvalue weighted by Gasteiger charge is -2.04. The molecule has 0 aliphatic carbocycles. The van der Waals surface area contributed by atoms with Crippen LogP contribution in [0.1, 0.15) is 11.5 Å². The van der Waals surface area contributed by atoms with Gasteiger partial charge in [-0.2, -0.15) is 4.98 Å². The summed E-state index contributed by atoms with van der Waals surface area (Å²) in [5.41, 5.74) is 6.05. The molecule has 3 N–H and O–H groups in total. The van der Waals surface area contributed by atoms with Crippen molar-refractivity contribution in [3.63, 3.8) is 0 Å². The van der Waals surface area contributed by atoms with Crippen LogP contribution >= 0.6 is 12.2 Å². The zero-order valence-electron chi connectivity index (χ0n) is 8.25. The van der Waals surface area contributed by atoms with E-state index in [2.05, 4.69) is 25.0 Å². The van der Waals surface area contributed by atoms with Crippen molar-refractivity contribution in [2.75, 3.05) is 5.32 Å². The molecule has 0 fully saturated rings. The Morgan fingerprint density at radius 2 is 2.38 bits per heavy atom. The van der Waals surface area contributed by atoms with Gasteiger partial charge in [0.25, 0.3) is 0 Å². The maximum absolute atomic E-state index is 5.47. The van der Waals surface area contributed by atoms with Gasteiger partial charge in [0.15, 0.2) is 5.82 Å². The molecular formula is C9H9N5OS. The minimum absolute atomic E-state index is 0.267. The third kappa shape index (κ3) is 2.51. The smallest absolute Gasteiger partial charge is 0.213 e. The molecule has 0 aliphatic heterocycles. The fraction of sp³-hybridized carbons (Fsp3) is 0.111. The van der Waals surface area contributed by atoms with Gasteiger partial charge in [0, 0.05) is 0 Å². The van der Waals surface area contributed by atoms with E-state index in [0.717, 1.165) is 0 Å². The maximum Gasteiger partial charge on any atom is 0.213 e. The molecule has 0 spiro atoms. The van der Waals surface area contributed by atoms with Gasteiger partial charge < -0.3 is 15.6 Å². The third-order valence-corrected chi connectivity index (χ3v) is 2.05. The van der Waals surface area contributed by atoms with Crippen molar-refractivity contribution in [3.05, 3.63) is 36.1 Å². The Bertz CT molecular complexity index is 484. The number of rotatable bonds is 4. The van der Waals surface area contributed by atoms with E-state index >= 15 is 0 Å². The summed E-state index contributed by atoms with van der Waals surface area (Å²) in [6, 6.07) is 5.38. The van der Waals surface area contributed by atoms with E-state index in [1.807, 2.05) is 12.1 Å². The second-order valence-electron chi connectivity index (χ2n) is 2.97. The molecule has 0 unspecified atom stereocenters. The Morgan fingerprint density at radius 3 is 3.06 bits per heavy atom. The number of nitrogens with one attached hydrogen (secondary N) is 1. The Labute approximate surface area is 96.9 Å². The summed E-state index contributed by atoms with van der Waals surface area (Å²) in [5.74, 6) is 1.22. The highest BCUT2D eigenvalue weighted by atomic mass is 32.1. The van der Waals surface area contributed by atoms with Gasteiger partial charge in [-0.25, -0.2) is 4.98 Å². The molecule has 2 aromatic rings. The number of anilines is 1. The minimum atomic E-state index is 0.267. The fourth-order valence-corrected chi connectivity index (χ4v) is 1.22. The van der Waals surface area contributed by atoms with Crippen LogP contribution in [0, 0.1) is 0 Å². The molecule has 0 radical (unpaired) electrons. The summed E-state index contributed by atoms with van der Waals surface area (Å²) >= 11 is 4.83. The van der Waals surface area contributed by atoms with Crippen LogP contribution in [0.4, 0.5) is 5.82 Å². The molecule has 82 valence electrons. The van der Waals surface area contributed by atoms with Gasteiger partial charge >= 0.3 is 0 Å². The highest BCUT2D eigenvalue weighted by molar-refractivity contribution is 7.80. The predicted octanol–water partition coefficient (Wildman–Crippen LogP) is 0.711. The number of hydrogen-bond donors (Lipinski definition) is 2. The number of nitrogens with two attached hydrogens (primary N) is 1. The number of pyridine rings is 1. The van der Waals surface area contributed by atoms with Crippen LogP contribution in [-0.2, 0) is 6.54 Å². The summed E-state index contributed by atoms with van der Waals surface area (Å²) in [6.07, 6.45) is 1.27. The van der Waals surface area contributed by atoms with Gasteiger partial charge in [0.05, 0.1) is 12.2 Å². The van der Waals surface area contributed by atoms with Gasteiger partial charge in [0.2, 0.25) is 6.39 Å². The van der Waals surface area contributed by atoms with Gasteiger partial charge in [-0.15, -0.1) is 0 Å². The molecule has 0 atom stereocenters. The molecule has 0 aromatic carbocycles. The van der Waals surface area contributed by atoms with Crippen molar-refractivity contribution in [3.8, 4) is 0 Å². The molecule has 6 nitrogen and oxygen atoms in total. The zero-order valence-corrected chi connectivity index (χ0v) is 9.07. The zero-order chi connectivity index (χ0) is 11.4. The van der Waals surface area contributed by atoms with E-state index in [1.165, 1.54) is 6.39 Å². The summed E-state index contributed by atoms with van der Waals surface area (Å²) in [7, 11) is 0. The Kier molecular flexibility index (Phi) is 3.06.